The molecule has 0 bridgehead atoms. The molecule has 4 nitrogen and oxygen atoms in total. The van der Waals surface area contributed by atoms with Gasteiger partial charge in [0.2, 0.25) is 5.88 Å². The second-order valence-electron chi connectivity index (χ2n) is 4.40. The molecule has 1 N–H and O–H groups in total. The van der Waals surface area contributed by atoms with Gasteiger partial charge in [-0.15, -0.1) is 0 Å². The number of anilines is 1. The SMILES string of the molecule is COc1ccc(NC(C)c2ccc(OC(F)F)cc2)cn1. The van der Waals surface area contributed by atoms with Gasteiger partial charge in [-0.05, 0) is 30.7 Å². The summed E-state index contributed by atoms with van der Waals surface area (Å²) in [5.74, 6) is 0.689. The van der Waals surface area contributed by atoms with Crippen molar-refractivity contribution in [3.05, 3.63) is 48.2 Å². The number of rotatable bonds is 6. The van der Waals surface area contributed by atoms with Crippen molar-refractivity contribution in [1.29, 1.82) is 0 Å². The van der Waals surface area contributed by atoms with Crippen LogP contribution in [0.3, 0.4) is 0 Å². The molecule has 0 saturated heterocycles. The van der Waals surface area contributed by atoms with Crippen molar-refractivity contribution in [1.82, 2.24) is 4.98 Å². The highest BCUT2D eigenvalue weighted by Gasteiger charge is 2.08. The molecular weight excluding hydrogens is 278 g/mol. The zero-order chi connectivity index (χ0) is 15.2. The third kappa shape index (κ3) is 4.30. The van der Waals surface area contributed by atoms with Crippen LogP contribution in [0.5, 0.6) is 11.6 Å². The minimum Gasteiger partial charge on any atom is -0.481 e. The van der Waals surface area contributed by atoms with Crippen LogP contribution in [0.25, 0.3) is 0 Å². The Labute approximate surface area is 121 Å². The van der Waals surface area contributed by atoms with E-state index < -0.39 is 6.61 Å². The van der Waals surface area contributed by atoms with Crippen molar-refractivity contribution in [3.63, 3.8) is 0 Å². The van der Waals surface area contributed by atoms with Crippen molar-refractivity contribution >= 4 is 5.69 Å². The standard InChI is InChI=1S/C15H16F2N2O2/c1-10(19-12-5-8-14(20-2)18-9-12)11-3-6-13(7-4-11)21-15(16)17/h3-10,15,19H,1-2H3. The first-order valence-electron chi connectivity index (χ1n) is 6.40. The summed E-state index contributed by atoms with van der Waals surface area (Å²) in [6, 6.07) is 10.1. The summed E-state index contributed by atoms with van der Waals surface area (Å²) in [5.41, 5.74) is 1.80. The highest BCUT2D eigenvalue weighted by molar-refractivity contribution is 5.45. The molecule has 6 heteroatoms. The van der Waals surface area contributed by atoms with Crippen LogP contribution >= 0.6 is 0 Å². The smallest absolute Gasteiger partial charge is 0.387 e. The van der Waals surface area contributed by atoms with Gasteiger partial charge in [0.1, 0.15) is 5.75 Å². The van der Waals surface area contributed by atoms with Crippen LogP contribution in [0.1, 0.15) is 18.5 Å². The monoisotopic (exact) mass is 294 g/mol. The van der Waals surface area contributed by atoms with Crippen LogP contribution in [0.4, 0.5) is 14.5 Å². The number of nitrogens with zero attached hydrogens (tertiary/aromatic N) is 1. The second kappa shape index (κ2) is 6.88. The fourth-order valence-electron chi connectivity index (χ4n) is 1.86. The summed E-state index contributed by atoms with van der Waals surface area (Å²) >= 11 is 0. The fourth-order valence-corrected chi connectivity index (χ4v) is 1.86. The Hall–Kier alpha value is -2.37. The van der Waals surface area contributed by atoms with E-state index in [0.717, 1.165) is 11.3 Å². The molecule has 112 valence electrons. The van der Waals surface area contributed by atoms with E-state index in [-0.39, 0.29) is 11.8 Å². The van der Waals surface area contributed by atoms with E-state index in [1.807, 2.05) is 13.0 Å². The van der Waals surface area contributed by atoms with Gasteiger partial charge in [-0.3, -0.25) is 0 Å². The van der Waals surface area contributed by atoms with Crippen molar-refractivity contribution in [2.24, 2.45) is 0 Å². The molecule has 0 aliphatic heterocycles. The molecule has 2 aromatic rings. The van der Waals surface area contributed by atoms with Crippen molar-refractivity contribution in [3.8, 4) is 11.6 Å². The van der Waals surface area contributed by atoms with E-state index in [4.69, 9.17) is 4.74 Å². The Morgan fingerprint density at radius 1 is 1.10 bits per heavy atom. The Morgan fingerprint density at radius 3 is 2.33 bits per heavy atom. The molecule has 1 aromatic carbocycles. The van der Waals surface area contributed by atoms with Crippen LogP contribution in [0.2, 0.25) is 0 Å². The average molecular weight is 294 g/mol. The molecule has 0 aliphatic rings. The maximum Gasteiger partial charge on any atom is 0.387 e. The number of pyridine rings is 1. The predicted molar refractivity (Wildman–Crippen MR) is 75.9 cm³/mol. The van der Waals surface area contributed by atoms with Gasteiger partial charge in [-0.25, -0.2) is 4.98 Å². The molecule has 1 aromatic heterocycles. The molecule has 2 rings (SSSR count). The number of alkyl halides is 2. The Morgan fingerprint density at radius 2 is 1.81 bits per heavy atom. The average Bonchev–Trinajstić information content (AvgIpc) is 2.48. The highest BCUT2D eigenvalue weighted by Crippen LogP contribution is 2.22. The van der Waals surface area contributed by atoms with E-state index in [0.29, 0.717) is 5.88 Å². The van der Waals surface area contributed by atoms with Crippen LogP contribution in [-0.4, -0.2) is 18.7 Å². The van der Waals surface area contributed by atoms with E-state index in [1.54, 1.807) is 31.5 Å². The second-order valence-corrected chi connectivity index (χ2v) is 4.40. The summed E-state index contributed by atoms with van der Waals surface area (Å²) in [4.78, 5) is 4.10. The number of hydrogen-bond acceptors (Lipinski definition) is 4. The molecule has 0 spiro atoms. The minimum absolute atomic E-state index is 0.000736. The summed E-state index contributed by atoms with van der Waals surface area (Å²) in [7, 11) is 1.56. The number of benzene rings is 1. The van der Waals surface area contributed by atoms with Gasteiger partial charge in [0.05, 0.1) is 19.0 Å². The van der Waals surface area contributed by atoms with Crippen molar-refractivity contribution in [2.75, 3.05) is 12.4 Å². The van der Waals surface area contributed by atoms with Crippen molar-refractivity contribution < 1.29 is 18.3 Å². The maximum absolute atomic E-state index is 12.1. The summed E-state index contributed by atoms with van der Waals surface area (Å²) in [6.07, 6.45) is 1.67. The van der Waals surface area contributed by atoms with Gasteiger partial charge in [0.15, 0.2) is 0 Å². The van der Waals surface area contributed by atoms with E-state index >= 15 is 0 Å². The lowest BCUT2D eigenvalue weighted by molar-refractivity contribution is -0.0498. The Balaban J connectivity index is 2.00. The number of hydrogen-bond donors (Lipinski definition) is 1. The van der Waals surface area contributed by atoms with Gasteiger partial charge in [-0.2, -0.15) is 8.78 Å². The number of nitrogens with one attached hydrogen (secondary N) is 1. The lowest BCUT2D eigenvalue weighted by Crippen LogP contribution is -2.07. The molecule has 0 amide bonds. The van der Waals surface area contributed by atoms with Gasteiger partial charge < -0.3 is 14.8 Å². The lowest BCUT2D eigenvalue weighted by Gasteiger charge is -2.16. The van der Waals surface area contributed by atoms with Crippen LogP contribution in [0.15, 0.2) is 42.6 Å². The first kappa shape index (κ1) is 15.0. The van der Waals surface area contributed by atoms with Gasteiger partial charge in [0.25, 0.3) is 0 Å². The first-order chi connectivity index (χ1) is 10.1. The van der Waals surface area contributed by atoms with Crippen molar-refractivity contribution in [2.45, 2.75) is 19.6 Å². The summed E-state index contributed by atoms with van der Waals surface area (Å²) in [6.45, 7) is -0.843. The first-order valence-corrected chi connectivity index (χ1v) is 6.40. The van der Waals surface area contributed by atoms with Crippen LogP contribution in [0, 0.1) is 0 Å². The predicted octanol–water partition coefficient (Wildman–Crippen LogP) is 3.86. The van der Waals surface area contributed by atoms with E-state index in [1.165, 1.54) is 12.1 Å². The molecule has 21 heavy (non-hydrogen) atoms. The number of ether oxygens (including phenoxy) is 2. The number of aromatic nitrogens is 1. The quantitative estimate of drug-likeness (QED) is 0.878. The molecule has 0 saturated carbocycles. The zero-order valence-electron chi connectivity index (χ0n) is 11.7. The summed E-state index contributed by atoms with van der Waals surface area (Å²) in [5, 5.41) is 3.26. The topological polar surface area (TPSA) is 43.4 Å². The number of methoxy groups -OCH3 is 1. The largest absolute Gasteiger partial charge is 0.481 e. The molecule has 1 heterocycles. The number of halogens is 2. The lowest BCUT2D eigenvalue weighted by atomic mass is 10.1. The molecule has 1 unspecified atom stereocenters. The van der Waals surface area contributed by atoms with Crippen LogP contribution < -0.4 is 14.8 Å². The Bertz CT molecular complexity index is 559. The molecule has 0 radical (unpaired) electrons. The maximum atomic E-state index is 12.1. The molecule has 0 aliphatic carbocycles. The van der Waals surface area contributed by atoms with Gasteiger partial charge in [-0.1, -0.05) is 12.1 Å². The minimum atomic E-state index is -2.81. The van der Waals surface area contributed by atoms with Gasteiger partial charge >= 0.3 is 6.61 Å². The Kier molecular flexibility index (Phi) is 4.92. The third-order valence-electron chi connectivity index (χ3n) is 2.93. The molecular formula is C15H16F2N2O2. The fraction of sp³-hybridized carbons (Fsp3) is 0.267. The molecule has 0 fully saturated rings. The zero-order valence-corrected chi connectivity index (χ0v) is 11.7. The van der Waals surface area contributed by atoms with Crippen LogP contribution in [-0.2, 0) is 0 Å². The summed E-state index contributed by atoms with van der Waals surface area (Å²) < 4.78 is 33.5. The molecule has 1 atom stereocenters. The van der Waals surface area contributed by atoms with Gasteiger partial charge in [0, 0.05) is 12.1 Å². The van der Waals surface area contributed by atoms with E-state index in [9.17, 15) is 8.78 Å². The highest BCUT2D eigenvalue weighted by atomic mass is 19.3. The van der Waals surface area contributed by atoms with E-state index in [2.05, 4.69) is 15.0 Å². The normalized spacial score (nSPS) is 12.0. The third-order valence-corrected chi connectivity index (χ3v) is 2.93.